The molecule has 0 aromatic carbocycles. The lowest BCUT2D eigenvalue weighted by Gasteiger charge is -2.41. The number of esters is 2. The first-order chi connectivity index (χ1) is 34.9. The van der Waals surface area contributed by atoms with E-state index in [0.29, 0.717) is 19.3 Å². The van der Waals surface area contributed by atoms with E-state index in [0.717, 1.165) is 51.4 Å². The second-order valence-corrected chi connectivity index (χ2v) is 20.8. The Morgan fingerprint density at radius 3 is 1.18 bits per heavy atom. The maximum atomic E-state index is 12.9. The molecule has 416 valence electrons. The SMILES string of the molecule is CC/C=C\C/C=C\C/C=C\C/C=C\C/C=C\C/C=C\CCC(=O)OC(COC(=O)CCCCCCCCCCCCCCCCCCCCCCCCCC)COP(=O)(O)OC1C(O)C(O)C(O)C(O)C1O. The van der Waals surface area contributed by atoms with Crippen molar-refractivity contribution in [3.63, 3.8) is 0 Å². The minimum Gasteiger partial charge on any atom is -0.462 e. The highest BCUT2D eigenvalue weighted by atomic mass is 31.2. The first-order valence-corrected chi connectivity index (χ1v) is 29.7. The lowest BCUT2D eigenvalue weighted by Crippen LogP contribution is -2.64. The van der Waals surface area contributed by atoms with Gasteiger partial charge in [0.1, 0.15) is 43.2 Å². The summed E-state index contributed by atoms with van der Waals surface area (Å²) in [6, 6.07) is 0. The molecule has 1 saturated carbocycles. The van der Waals surface area contributed by atoms with Crippen molar-refractivity contribution in [1.29, 1.82) is 0 Å². The molecule has 0 aromatic rings. The van der Waals surface area contributed by atoms with E-state index < -0.39 is 75.7 Å². The van der Waals surface area contributed by atoms with Crippen molar-refractivity contribution in [2.24, 2.45) is 0 Å². The van der Waals surface area contributed by atoms with E-state index in [1.807, 2.05) is 18.2 Å². The van der Waals surface area contributed by atoms with Gasteiger partial charge in [0, 0.05) is 12.8 Å². The molecule has 0 aromatic heterocycles. The van der Waals surface area contributed by atoms with E-state index in [1.54, 1.807) is 0 Å². The second-order valence-electron chi connectivity index (χ2n) is 19.4. The van der Waals surface area contributed by atoms with Crippen LogP contribution in [-0.2, 0) is 32.7 Å². The number of hydrogen-bond donors (Lipinski definition) is 6. The highest BCUT2D eigenvalue weighted by Gasteiger charge is 2.51. The first kappa shape index (κ1) is 67.3. The maximum absolute atomic E-state index is 12.9. The molecule has 6 atom stereocenters. The van der Waals surface area contributed by atoms with Crippen LogP contribution in [0.4, 0.5) is 0 Å². The third kappa shape index (κ3) is 37.9. The van der Waals surface area contributed by atoms with E-state index in [-0.39, 0.29) is 12.8 Å². The van der Waals surface area contributed by atoms with Crippen LogP contribution in [0.5, 0.6) is 0 Å². The number of hydrogen-bond acceptors (Lipinski definition) is 12. The molecule has 0 heterocycles. The predicted octanol–water partition coefficient (Wildman–Crippen LogP) is 13.0. The normalized spacial score (nSPS) is 21.1. The number of ether oxygens (including phenoxy) is 2. The molecule has 1 aliphatic carbocycles. The first-order valence-electron chi connectivity index (χ1n) is 28.2. The zero-order valence-electron chi connectivity index (χ0n) is 44.7. The number of carbonyl (C=O) groups is 2. The van der Waals surface area contributed by atoms with Crippen LogP contribution in [0.15, 0.2) is 72.9 Å². The monoisotopic (exact) mass is 1040 g/mol. The molecule has 0 aliphatic heterocycles. The number of carbonyl (C=O) groups excluding carboxylic acids is 2. The maximum Gasteiger partial charge on any atom is 0.472 e. The van der Waals surface area contributed by atoms with E-state index >= 15 is 0 Å². The van der Waals surface area contributed by atoms with E-state index in [4.69, 9.17) is 18.5 Å². The summed E-state index contributed by atoms with van der Waals surface area (Å²) in [5, 5.41) is 50.3. The highest BCUT2D eigenvalue weighted by Crippen LogP contribution is 2.47. The fraction of sp³-hybridized carbons (Fsp3) is 0.759. The average molecular weight is 1040 g/mol. The number of phosphoric acid groups is 1. The van der Waals surface area contributed by atoms with Gasteiger partial charge in [0.25, 0.3) is 0 Å². The van der Waals surface area contributed by atoms with Crippen molar-refractivity contribution in [3.8, 4) is 0 Å². The summed E-state index contributed by atoms with van der Waals surface area (Å²) in [5.41, 5.74) is 0. The Bertz CT molecular complexity index is 1530. The molecule has 13 nitrogen and oxygen atoms in total. The van der Waals surface area contributed by atoms with Gasteiger partial charge in [0.2, 0.25) is 0 Å². The second kappa shape index (κ2) is 46.8. The third-order valence-corrected chi connectivity index (χ3v) is 13.8. The highest BCUT2D eigenvalue weighted by molar-refractivity contribution is 7.47. The Labute approximate surface area is 435 Å². The molecule has 0 bridgehead atoms. The van der Waals surface area contributed by atoms with Gasteiger partial charge in [-0.15, -0.1) is 0 Å². The van der Waals surface area contributed by atoms with Gasteiger partial charge in [0.15, 0.2) is 6.10 Å². The third-order valence-electron chi connectivity index (χ3n) is 12.8. The number of allylic oxidation sites excluding steroid dienone is 12. The predicted molar refractivity (Wildman–Crippen MR) is 290 cm³/mol. The molecular weight excluding hydrogens is 936 g/mol. The quantitative estimate of drug-likeness (QED) is 0.0145. The van der Waals surface area contributed by atoms with Gasteiger partial charge in [-0.2, -0.15) is 0 Å². The summed E-state index contributed by atoms with van der Waals surface area (Å²) in [5.74, 6) is -1.19. The van der Waals surface area contributed by atoms with Gasteiger partial charge in [-0.05, 0) is 51.4 Å². The lowest BCUT2D eigenvalue weighted by molar-refractivity contribution is -0.220. The van der Waals surface area contributed by atoms with Crippen LogP contribution < -0.4 is 0 Å². The summed E-state index contributed by atoms with van der Waals surface area (Å²) in [6.45, 7) is 3.16. The smallest absolute Gasteiger partial charge is 0.462 e. The zero-order chi connectivity index (χ0) is 52.8. The molecule has 1 aliphatic rings. The number of aliphatic hydroxyl groups excluding tert-OH is 5. The van der Waals surface area contributed by atoms with Crippen LogP contribution in [0.25, 0.3) is 0 Å². The standard InChI is InChI=1S/C58H101O13P/c1-3-5-7-9-11-13-15-17-19-21-23-24-25-26-27-29-30-32-34-36-38-40-42-44-46-51(59)68-48-50(49-69-72(66,67)71-58-56(64)54(62)53(61)55(63)57(58)65)70-52(60)47-45-43-41-39-37-35-33-31-28-22-20-18-16-14-12-10-8-6-4-2/h6,8,12,14,18,20,28,31,35,37,41,43,50,53-58,61-65H,3-5,7,9-11,13,15-17,19,21-27,29-30,32-34,36,38-40,42,44-49H2,1-2H3,(H,66,67)/b8-6-,14-12-,20-18-,31-28-,37-35-,43-41-. The molecule has 1 fully saturated rings. The molecule has 0 radical (unpaired) electrons. The van der Waals surface area contributed by atoms with E-state index in [2.05, 4.69) is 68.5 Å². The molecule has 1 rings (SSSR count). The van der Waals surface area contributed by atoms with Crippen LogP contribution in [0, 0.1) is 0 Å². The summed E-state index contributed by atoms with van der Waals surface area (Å²) in [6.07, 6.45) is 48.3. The topological polar surface area (TPSA) is 210 Å². The van der Waals surface area contributed by atoms with Crippen molar-refractivity contribution < 1.29 is 63.1 Å². The Kier molecular flexibility index (Phi) is 43.7. The van der Waals surface area contributed by atoms with Crippen LogP contribution in [0.1, 0.15) is 226 Å². The van der Waals surface area contributed by atoms with Crippen LogP contribution >= 0.6 is 7.82 Å². The number of rotatable bonds is 47. The lowest BCUT2D eigenvalue weighted by atomic mass is 9.85. The van der Waals surface area contributed by atoms with E-state index in [1.165, 1.54) is 128 Å². The number of phosphoric ester groups is 1. The van der Waals surface area contributed by atoms with Gasteiger partial charge in [-0.3, -0.25) is 18.6 Å². The van der Waals surface area contributed by atoms with E-state index in [9.17, 15) is 44.6 Å². The van der Waals surface area contributed by atoms with Crippen LogP contribution in [0.3, 0.4) is 0 Å². The summed E-state index contributed by atoms with van der Waals surface area (Å²) in [4.78, 5) is 35.9. The molecule has 6 unspecified atom stereocenters. The van der Waals surface area contributed by atoms with Gasteiger partial charge in [-0.1, -0.05) is 234 Å². The van der Waals surface area contributed by atoms with Crippen molar-refractivity contribution in [3.05, 3.63) is 72.9 Å². The Morgan fingerprint density at radius 1 is 0.444 bits per heavy atom. The average Bonchev–Trinajstić information content (AvgIpc) is 3.36. The molecule has 72 heavy (non-hydrogen) atoms. The van der Waals surface area contributed by atoms with Crippen LogP contribution in [0.2, 0.25) is 0 Å². The molecule has 6 N–H and O–H groups in total. The summed E-state index contributed by atoms with van der Waals surface area (Å²) in [7, 11) is -5.15. The summed E-state index contributed by atoms with van der Waals surface area (Å²) >= 11 is 0. The Morgan fingerprint density at radius 2 is 0.792 bits per heavy atom. The van der Waals surface area contributed by atoms with Crippen molar-refractivity contribution in [1.82, 2.24) is 0 Å². The molecule has 0 amide bonds. The van der Waals surface area contributed by atoms with Crippen molar-refractivity contribution in [2.45, 2.75) is 268 Å². The summed E-state index contributed by atoms with van der Waals surface area (Å²) < 4.78 is 33.6. The zero-order valence-corrected chi connectivity index (χ0v) is 45.6. The van der Waals surface area contributed by atoms with Gasteiger partial charge in [0.05, 0.1) is 6.61 Å². The number of unbranched alkanes of at least 4 members (excludes halogenated alkanes) is 23. The largest absolute Gasteiger partial charge is 0.472 e. The fourth-order valence-electron chi connectivity index (χ4n) is 8.37. The molecular formula is C58H101O13P. The van der Waals surface area contributed by atoms with Crippen LogP contribution in [-0.4, -0.2) is 98.3 Å². The van der Waals surface area contributed by atoms with Gasteiger partial charge < -0.3 is 39.9 Å². The minimum atomic E-state index is -5.15. The van der Waals surface area contributed by atoms with Gasteiger partial charge >= 0.3 is 19.8 Å². The van der Waals surface area contributed by atoms with Crippen molar-refractivity contribution in [2.75, 3.05) is 13.2 Å². The van der Waals surface area contributed by atoms with Crippen molar-refractivity contribution >= 4 is 19.8 Å². The molecule has 0 saturated heterocycles. The fourth-order valence-corrected chi connectivity index (χ4v) is 9.35. The minimum absolute atomic E-state index is 0.0298. The Balaban J connectivity index is 2.37. The Hall–Kier alpha value is -2.71. The van der Waals surface area contributed by atoms with Gasteiger partial charge in [-0.25, -0.2) is 4.57 Å². The molecule has 0 spiro atoms. The molecule has 14 heteroatoms. The number of aliphatic hydroxyl groups is 5.